The highest BCUT2D eigenvalue weighted by Crippen LogP contribution is 2.11. The third kappa shape index (κ3) is 4.48. The third-order valence-electron chi connectivity index (χ3n) is 3.29. The van der Waals surface area contributed by atoms with Gasteiger partial charge in [0.25, 0.3) is 0 Å². The largest absolute Gasteiger partial charge is 0.314 e. The fourth-order valence-electron chi connectivity index (χ4n) is 2.11. The van der Waals surface area contributed by atoms with Crippen molar-refractivity contribution in [3.63, 3.8) is 0 Å². The lowest BCUT2D eigenvalue weighted by Gasteiger charge is -2.27. The highest BCUT2D eigenvalue weighted by atomic mass is 32.2. The van der Waals surface area contributed by atoms with Gasteiger partial charge in [-0.05, 0) is 12.1 Å². The summed E-state index contributed by atoms with van der Waals surface area (Å²) in [7, 11) is -3.41. The summed E-state index contributed by atoms with van der Waals surface area (Å²) in [5, 5.41) is 5.72. The topological polar surface area (TPSA) is 91.4 Å². The smallest absolute Gasteiger partial charge is 0.229 e. The van der Waals surface area contributed by atoms with E-state index in [0.29, 0.717) is 32.0 Å². The minimum atomic E-state index is -3.41. The Bertz CT molecular complexity index is 570. The van der Waals surface area contributed by atoms with E-state index in [2.05, 4.69) is 15.6 Å². The Balaban J connectivity index is 1.93. The number of nitrogens with one attached hydrogen (secondary N) is 2. The van der Waals surface area contributed by atoms with E-state index < -0.39 is 15.9 Å². The van der Waals surface area contributed by atoms with Crippen molar-refractivity contribution in [3.8, 4) is 0 Å². The van der Waals surface area contributed by atoms with E-state index in [1.54, 1.807) is 31.3 Å². The Kier molecular flexibility index (Phi) is 5.27. The average Bonchev–Trinajstić information content (AvgIpc) is 2.48. The molecule has 1 atom stereocenters. The van der Waals surface area contributed by atoms with Crippen LogP contribution in [0.25, 0.3) is 0 Å². The molecule has 1 saturated heterocycles. The molecule has 0 aromatic carbocycles. The molecule has 2 N–H and O–H groups in total. The fraction of sp³-hybridized carbons (Fsp3) is 0.538. The fourth-order valence-corrected chi connectivity index (χ4v) is 3.84. The molecule has 1 aromatic rings. The van der Waals surface area contributed by atoms with Gasteiger partial charge in [0.05, 0.1) is 11.7 Å². The Morgan fingerprint density at radius 3 is 2.76 bits per heavy atom. The first-order valence-corrected chi connectivity index (χ1v) is 8.50. The van der Waals surface area contributed by atoms with Crippen LogP contribution in [0.5, 0.6) is 0 Å². The second-order valence-corrected chi connectivity index (χ2v) is 7.05. The number of aromatic nitrogens is 1. The zero-order valence-corrected chi connectivity index (χ0v) is 12.8. The standard InChI is InChI=1S/C13H20N4O3S/c1-11(13(18)16-12-4-2-3-5-15-12)10-21(19,20)17-8-6-14-7-9-17/h2-5,11,14H,6-10H2,1H3,(H,15,16,18). The molecule has 8 heteroatoms. The maximum atomic E-state index is 12.3. The molecular weight excluding hydrogens is 292 g/mol. The molecule has 0 bridgehead atoms. The average molecular weight is 312 g/mol. The number of nitrogens with zero attached hydrogens (tertiary/aromatic N) is 2. The number of amides is 1. The predicted octanol–water partition coefficient (Wildman–Crippen LogP) is -0.109. The molecule has 0 radical (unpaired) electrons. The molecule has 1 aromatic heterocycles. The van der Waals surface area contributed by atoms with Crippen LogP contribution in [0.15, 0.2) is 24.4 Å². The van der Waals surface area contributed by atoms with Gasteiger partial charge < -0.3 is 10.6 Å². The maximum absolute atomic E-state index is 12.3. The molecule has 0 spiro atoms. The number of hydrogen-bond acceptors (Lipinski definition) is 5. The summed E-state index contributed by atoms with van der Waals surface area (Å²) in [4.78, 5) is 16.0. The van der Waals surface area contributed by atoms with Gasteiger partial charge in [-0.2, -0.15) is 4.31 Å². The highest BCUT2D eigenvalue weighted by molar-refractivity contribution is 7.89. The van der Waals surface area contributed by atoms with Crippen LogP contribution >= 0.6 is 0 Å². The van der Waals surface area contributed by atoms with Gasteiger partial charge >= 0.3 is 0 Å². The summed E-state index contributed by atoms with van der Waals surface area (Å²) in [6.45, 7) is 3.81. The number of anilines is 1. The summed E-state index contributed by atoms with van der Waals surface area (Å²) in [6, 6.07) is 5.16. The Morgan fingerprint density at radius 2 is 2.14 bits per heavy atom. The summed E-state index contributed by atoms with van der Waals surface area (Å²) in [5.41, 5.74) is 0. The van der Waals surface area contributed by atoms with Gasteiger partial charge in [-0.1, -0.05) is 13.0 Å². The van der Waals surface area contributed by atoms with Crippen molar-refractivity contribution in [1.29, 1.82) is 0 Å². The number of rotatable bonds is 5. The monoisotopic (exact) mass is 312 g/mol. The lowest BCUT2D eigenvalue weighted by molar-refractivity contribution is -0.118. The van der Waals surface area contributed by atoms with Crippen LogP contribution < -0.4 is 10.6 Å². The van der Waals surface area contributed by atoms with Crippen LogP contribution in [0.3, 0.4) is 0 Å². The Morgan fingerprint density at radius 1 is 1.43 bits per heavy atom. The van der Waals surface area contributed by atoms with Gasteiger partial charge in [0.15, 0.2) is 0 Å². The van der Waals surface area contributed by atoms with E-state index in [-0.39, 0.29) is 11.7 Å². The van der Waals surface area contributed by atoms with Crippen LogP contribution in [-0.4, -0.2) is 55.5 Å². The summed E-state index contributed by atoms with van der Waals surface area (Å²) in [5.74, 6) is -0.737. The molecule has 1 unspecified atom stereocenters. The van der Waals surface area contributed by atoms with E-state index in [9.17, 15) is 13.2 Å². The van der Waals surface area contributed by atoms with Gasteiger partial charge in [0, 0.05) is 32.4 Å². The molecule has 2 rings (SSSR count). The van der Waals surface area contributed by atoms with E-state index in [4.69, 9.17) is 0 Å². The van der Waals surface area contributed by atoms with Gasteiger partial charge in [-0.25, -0.2) is 13.4 Å². The molecule has 1 aliphatic heterocycles. The second kappa shape index (κ2) is 6.97. The first-order chi connectivity index (χ1) is 9.99. The molecule has 7 nitrogen and oxygen atoms in total. The van der Waals surface area contributed by atoms with Crippen molar-refractivity contribution in [2.24, 2.45) is 5.92 Å². The van der Waals surface area contributed by atoms with Crippen LogP contribution in [0.2, 0.25) is 0 Å². The van der Waals surface area contributed by atoms with E-state index in [1.165, 1.54) is 4.31 Å². The van der Waals surface area contributed by atoms with Crippen LogP contribution in [0, 0.1) is 5.92 Å². The summed E-state index contributed by atoms with van der Waals surface area (Å²) >= 11 is 0. The molecule has 21 heavy (non-hydrogen) atoms. The molecule has 116 valence electrons. The number of pyridine rings is 1. The molecule has 1 aliphatic rings. The zero-order valence-electron chi connectivity index (χ0n) is 11.9. The Hall–Kier alpha value is -1.51. The zero-order chi connectivity index (χ0) is 15.3. The van der Waals surface area contributed by atoms with Gasteiger partial charge in [-0.3, -0.25) is 4.79 Å². The molecule has 0 saturated carbocycles. The van der Waals surface area contributed by atoms with E-state index in [0.717, 1.165) is 0 Å². The van der Waals surface area contributed by atoms with Crippen molar-refractivity contribution in [2.75, 3.05) is 37.2 Å². The minimum Gasteiger partial charge on any atom is -0.314 e. The molecule has 1 amide bonds. The van der Waals surface area contributed by atoms with Crippen LogP contribution in [-0.2, 0) is 14.8 Å². The predicted molar refractivity (Wildman–Crippen MR) is 80.3 cm³/mol. The third-order valence-corrected chi connectivity index (χ3v) is 5.37. The van der Waals surface area contributed by atoms with Crippen molar-refractivity contribution >= 4 is 21.7 Å². The minimum absolute atomic E-state index is 0.189. The summed E-state index contributed by atoms with van der Waals surface area (Å²) in [6.07, 6.45) is 1.57. The lowest BCUT2D eigenvalue weighted by Crippen LogP contribution is -2.48. The molecule has 1 fully saturated rings. The van der Waals surface area contributed by atoms with Crippen molar-refractivity contribution in [2.45, 2.75) is 6.92 Å². The Labute approximate surface area is 124 Å². The highest BCUT2D eigenvalue weighted by Gasteiger charge is 2.28. The first-order valence-electron chi connectivity index (χ1n) is 6.89. The van der Waals surface area contributed by atoms with Crippen molar-refractivity contribution < 1.29 is 13.2 Å². The van der Waals surface area contributed by atoms with Crippen molar-refractivity contribution in [1.82, 2.24) is 14.6 Å². The number of carbonyl (C=O) groups excluding carboxylic acids is 1. The maximum Gasteiger partial charge on any atom is 0.229 e. The van der Waals surface area contributed by atoms with Crippen molar-refractivity contribution in [3.05, 3.63) is 24.4 Å². The van der Waals surface area contributed by atoms with Crippen LogP contribution in [0.1, 0.15) is 6.92 Å². The second-order valence-electron chi connectivity index (χ2n) is 5.03. The molecule has 0 aliphatic carbocycles. The SMILES string of the molecule is CC(CS(=O)(=O)N1CCNCC1)C(=O)Nc1ccccn1. The van der Waals surface area contributed by atoms with Gasteiger partial charge in [0.2, 0.25) is 15.9 Å². The molecular formula is C13H20N4O3S. The normalized spacial score (nSPS) is 18.1. The van der Waals surface area contributed by atoms with E-state index in [1.807, 2.05) is 0 Å². The summed E-state index contributed by atoms with van der Waals surface area (Å²) < 4.78 is 25.9. The number of sulfonamides is 1. The van der Waals surface area contributed by atoms with Crippen LogP contribution in [0.4, 0.5) is 5.82 Å². The van der Waals surface area contributed by atoms with Gasteiger partial charge in [-0.15, -0.1) is 0 Å². The number of hydrogen-bond donors (Lipinski definition) is 2. The van der Waals surface area contributed by atoms with Gasteiger partial charge in [0.1, 0.15) is 5.82 Å². The quantitative estimate of drug-likeness (QED) is 0.792. The van der Waals surface area contributed by atoms with E-state index >= 15 is 0 Å². The number of carbonyl (C=O) groups is 1. The lowest BCUT2D eigenvalue weighted by atomic mass is 10.2. The first kappa shape index (κ1) is 15.9. The molecule has 2 heterocycles. The number of piperazine rings is 1.